The van der Waals surface area contributed by atoms with Gasteiger partial charge in [0.2, 0.25) is 0 Å². The van der Waals surface area contributed by atoms with E-state index in [0.717, 1.165) is 43.6 Å². The molecule has 2 saturated heterocycles. The van der Waals surface area contributed by atoms with Crippen molar-refractivity contribution in [2.24, 2.45) is 11.8 Å². The number of carbonyl (C=O) groups excluding carboxylic acids is 1. The fourth-order valence-electron chi connectivity index (χ4n) is 3.91. The van der Waals surface area contributed by atoms with Crippen molar-refractivity contribution in [2.75, 3.05) is 39.3 Å². The van der Waals surface area contributed by atoms with Crippen molar-refractivity contribution in [1.29, 1.82) is 0 Å². The number of nitrogens with zero attached hydrogens (tertiary/aromatic N) is 2. The lowest BCUT2D eigenvalue weighted by Crippen LogP contribution is -2.40. The van der Waals surface area contributed by atoms with Gasteiger partial charge in [0.1, 0.15) is 0 Å². The van der Waals surface area contributed by atoms with E-state index in [-0.39, 0.29) is 24.5 Å². The third kappa shape index (κ3) is 3.97. The monoisotopic (exact) mass is 332 g/mol. The third-order valence-electron chi connectivity index (χ3n) is 5.41. The molecular formula is C19H28N2O3. The van der Waals surface area contributed by atoms with E-state index in [9.17, 15) is 15.0 Å². The van der Waals surface area contributed by atoms with Crippen LogP contribution in [0.5, 0.6) is 0 Å². The topological polar surface area (TPSA) is 64.0 Å². The number of likely N-dealkylation sites (tertiary alicyclic amines) is 2. The summed E-state index contributed by atoms with van der Waals surface area (Å²) in [5, 5.41) is 19.4. The van der Waals surface area contributed by atoms with Gasteiger partial charge < -0.3 is 20.0 Å². The standard InChI is InChI=1S/C19H28N2O3/c1-14-3-2-4-15(9-14)19(24)21-11-16(17(12-21)13-22)10-20-7-5-18(23)6-8-20/h2-4,9,16-18,22-23H,5-8,10-13H2,1H3/t16-,17-/m0/s1. The zero-order valence-corrected chi connectivity index (χ0v) is 14.4. The summed E-state index contributed by atoms with van der Waals surface area (Å²) in [5.74, 6) is 0.512. The van der Waals surface area contributed by atoms with E-state index in [1.807, 2.05) is 36.1 Å². The first-order valence-electron chi connectivity index (χ1n) is 8.94. The van der Waals surface area contributed by atoms with E-state index in [1.54, 1.807) is 0 Å². The van der Waals surface area contributed by atoms with E-state index in [2.05, 4.69) is 4.90 Å². The third-order valence-corrected chi connectivity index (χ3v) is 5.41. The Labute approximate surface area is 143 Å². The molecule has 1 aromatic rings. The summed E-state index contributed by atoms with van der Waals surface area (Å²) in [4.78, 5) is 17.0. The molecule has 24 heavy (non-hydrogen) atoms. The van der Waals surface area contributed by atoms with Crippen LogP contribution in [-0.4, -0.2) is 71.4 Å². The van der Waals surface area contributed by atoms with Crippen LogP contribution in [0.1, 0.15) is 28.8 Å². The summed E-state index contributed by atoms with van der Waals surface area (Å²) >= 11 is 0. The molecule has 0 spiro atoms. The highest BCUT2D eigenvalue weighted by Gasteiger charge is 2.36. The van der Waals surface area contributed by atoms with Crippen LogP contribution < -0.4 is 0 Å². The number of carbonyl (C=O) groups is 1. The van der Waals surface area contributed by atoms with Crippen molar-refractivity contribution in [2.45, 2.75) is 25.9 Å². The Morgan fingerprint density at radius 3 is 2.58 bits per heavy atom. The molecule has 0 saturated carbocycles. The Hall–Kier alpha value is -1.43. The number of benzene rings is 1. The van der Waals surface area contributed by atoms with Gasteiger partial charge in [0, 0.05) is 50.8 Å². The molecule has 0 unspecified atom stereocenters. The van der Waals surface area contributed by atoms with Crippen molar-refractivity contribution in [3.8, 4) is 0 Å². The average molecular weight is 332 g/mol. The van der Waals surface area contributed by atoms with Crippen molar-refractivity contribution in [3.05, 3.63) is 35.4 Å². The molecule has 2 aliphatic rings. The van der Waals surface area contributed by atoms with Crippen LogP contribution >= 0.6 is 0 Å². The predicted molar refractivity (Wildman–Crippen MR) is 92.8 cm³/mol. The van der Waals surface area contributed by atoms with Gasteiger partial charge in [-0.2, -0.15) is 0 Å². The molecular weight excluding hydrogens is 304 g/mol. The van der Waals surface area contributed by atoms with Gasteiger partial charge in [0.15, 0.2) is 0 Å². The van der Waals surface area contributed by atoms with Crippen molar-refractivity contribution in [3.63, 3.8) is 0 Å². The van der Waals surface area contributed by atoms with Gasteiger partial charge in [-0.1, -0.05) is 17.7 Å². The molecule has 1 amide bonds. The van der Waals surface area contributed by atoms with Gasteiger partial charge in [0.25, 0.3) is 5.91 Å². The zero-order valence-electron chi connectivity index (χ0n) is 14.4. The fraction of sp³-hybridized carbons (Fsp3) is 0.632. The van der Waals surface area contributed by atoms with Crippen molar-refractivity contribution >= 4 is 5.91 Å². The van der Waals surface area contributed by atoms with Crippen LogP contribution in [0.25, 0.3) is 0 Å². The maximum absolute atomic E-state index is 12.7. The quantitative estimate of drug-likeness (QED) is 0.868. The number of hydrogen-bond donors (Lipinski definition) is 2. The Kier molecular flexibility index (Phi) is 5.54. The van der Waals surface area contributed by atoms with Crippen LogP contribution in [0.2, 0.25) is 0 Å². The minimum Gasteiger partial charge on any atom is -0.396 e. The lowest BCUT2D eigenvalue weighted by molar-refractivity contribution is 0.0679. The van der Waals surface area contributed by atoms with Crippen LogP contribution in [0.3, 0.4) is 0 Å². The zero-order chi connectivity index (χ0) is 17.1. The highest BCUT2D eigenvalue weighted by Crippen LogP contribution is 2.27. The highest BCUT2D eigenvalue weighted by atomic mass is 16.3. The summed E-state index contributed by atoms with van der Waals surface area (Å²) in [6.45, 7) is 6.16. The minimum atomic E-state index is -0.169. The molecule has 0 bridgehead atoms. The maximum atomic E-state index is 12.7. The Bertz CT molecular complexity index is 569. The molecule has 0 aromatic heterocycles. The number of hydrogen-bond acceptors (Lipinski definition) is 4. The maximum Gasteiger partial charge on any atom is 0.253 e. The summed E-state index contributed by atoms with van der Waals surface area (Å²) < 4.78 is 0. The Morgan fingerprint density at radius 1 is 1.21 bits per heavy atom. The Balaban J connectivity index is 1.62. The van der Waals surface area contributed by atoms with Crippen LogP contribution in [-0.2, 0) is 0 Å². The molecule has 1 aromatic carbocycles. The molecule has 2 N–H and O–H groups in total. The smallest absolute Gasteiger partial charge is 0.253 e. The first kappa shape index (κ1) is 17.4. The molecule has 0 aliphatic carbocycles. The van der Waals surface area contributed by atoms with Crippen LogP contribution in [0, 0.1) is 18.8 Å². The molecule has 2 fully saturated rings. The second-order valence-electron chi connectivity index (χ2n) is 7.31. The summed E-state index contributed by atoms with van der Waals surface area (Å²) in [6, 6.07) is 7.70. The molecule has 2 heterocycles. The number of aryl methyl sites for hydroxylation is 1. The SMILES string of the molecule is Cc1cccc(C(=O)N2C[C@@H](CO)[C@@H](CN3CCC(O)CC3)C2)c1. The summed E-state index contributed by atoms with van der Waals surface area (Å²) in [5.41, 5.74) is 1.82. The van der Waals surface area contributed by atoms with Gasteiger partial charge in [-0.05, 0) is 37.8 Å². The number of aliphatic hydroxyl groups excluding tert-OH is 2. The Morgan fingerprint density at radius 2 is 1.92 bits per heavy atom. The highest BCUT2D eigenvalue weighted by molar-refractivity contribution is 5.94. The van der Waals surface area contributed by atoms with Gasteiger partial charge in [0.05, 0.1) is 6.10 Å². The molecule has 2 aliphatic heterocycles. The molecule has 3 rings (SSSR count). The second-order valence-corrected chi connectivity index (χ2v) is 7.31. The largest absolute Gasteiger partial charge is 0.396 e. The molecule has 5 nitrogen and oxygen atoms in total. The molecule has 0 radical (unpaired) electrons. The number of amides is 1. The molecule has 132 valence electrons. The second kappa shape index (κ2) is 7.64. The number of rotatable bonds is 4. The van der Waals surface area contributed by atoms with Gasteiger partial charge in [-0.3, -0.25) is 4.79 Å². The molecule has 2 atom stereocenters. The van der Waals surface area contributed by atoms with Crippen molar-refractivity contribution in [1.82, 2.24) is 9.80 Å². The fourth-order valence-corrected chi connectivity index (χ4v) is 3.91. The van der Waals surface area contributed by atoms with Crippen LogP contribution in [0.15, 0.2) is 24.3 Å². The predicted octanol–water partition coefficient (Wildman–Crippen LogP) is 1.13. The van der Waals surface area contributed by atoms with E-state index in [4.69, 9.17) is 0 Å². The lowest BCUT2D eigenvalue weighted by Gasteiger charge is -2.32. The normalized spacial score (nSPS) is 26.0. The van der Waals surface area contributed by atoms with E-state index >= 15 is 0 Å². The van der Waals surface area contributed by atoms with Gasteiger partial charge in [-0.25, -0.2) is 0 Å². The van der Waals surface area contributed by atoms with E-state index in [0.29, 0.717) is 19.0 Å². The van der Waals surface area contributed by atoms with E-state index in [1.165, 1.54) is 0 Å². The summed E-state index contributed by atoms with van der Waals surface area (Å²) in [6.07, 6.45) is 1.48. The van der Waals surface area contributed by atoms with E-state index < -0.39 is 0 Å². The number of aliphatic hydroxyl groups is 2. The minimum absolute atomic E-state index is 0.0636. The van der Waals surface area contributed by atoms with Crippen LogP contribution in [0.4, 0.5) is 0 Å². The van der Waals surface area contributed by atoms with Gasteiger partial charge >= 0.3 is 0 Å². The average Bonchev–Trinajstić information content (AvgIpc) is 2.99. The first-order valence-corrected chi connectivity index (χ1v) is 8.94. The van der Waals surface area contributed by atoms with Crippen molar-refractivity contribution < 1.29 is 15.0 Å². The lowest BCUT2D eigenvalue weighted by atomic mass is 9.95. The van der Waals surface area contributed by atoms with Gasteiger partial charge in [-0.15, -0.1) is 0 Å². The number of piperidine rings is 1. The first-order chi connectivity index (χ1) is 11.6. The summed E-state index contributed by atoms with van der Waals surface area (Å²) in [7, 11) is 0. The molecule has 5 heteroatoms.